The average molecular weight is 340 g/mol. The Hall–Kier alpha value is -3.35. The molecule has 1 aromatic heterocycles. The lowest BCUT2D eigenvalue weighted by molar-refractivity contribution is 0.471. The van der Waals surface area contributed by atoms with Crippen LogP contribution in [0.25, 0.3) is 0 Å². The molecule has 4 N–H and O–H groups in total. The van der Waals surface area contributed by atoms with Crippen LogP contribution in [0.5, 0.6) is 11.5 Å². The number of aromatic hydroxyl groups is 2. The number of phenols is 2. The van der Waals surface area contributed by atoms with Gasteiger partial charge in [-0.15, -0.1) is 0 Å². The quantitative estimate of drug-likeness (QED) is 0.534. The minimum absolute atomic E-state index is 0.0121. The monoisotopic (exact) mass is 340 g/mol. The second kappa shape index (κ2) is 6.64. The number of phenolic OH excluding ortho intramolecular Hbond substituents is 2. The van der Waals surface area contributed by atoms with Crippen molar-refractivity contribution in [3.05, 3.63) is 59.5 Å². The molecule has 0 saturated carbocycles. The van der Waals surface area contributed by atoms with E-state index in [1.165, 1.54) is 6.07 Å². The first-order valence-electron chi connectivity index (χ1n) is 7.58. The van der Waals surface area contributed by atoms with Gasteiger partial charge in [-0.1, -0.05) is 0 Å². The lowest BCUT2D eigenvalue weighted by atomic mass is 10.2. The molecule has 0 aliphatic rings. The number of benzene rings is 2. The van der Waals surface area contributed by atoms with Gasteiger partial charge in [0, 0.05) is 11.4 Å². The van der Waals surface area contributed by atoms with Gasteiger partial charge in [-0.2, -0.15) is 4.98 Å². The highest BCUT2D eigenvalue weighted by Gasteiger charge is 2.09. The molecule has 0 unspecified atom stereocenters. The molecule has 3 rings (SSSR count). The fourth-order valence-corrected chi connectivity index (χ4v) is 2.25. The van der Waals surface area contributed by atoms with Gasteiger partial charge in [0.2, 0.25) is 5.95 Å². The van der Waals surface area contributed by atoms with Crippen LogP contribution in [0.3, 0.4) is 0 Å². The first kappa shape index (κ1) is 16.5. The Bertz CT molecular complexity index is 931. The maximum atomic E-state index is 14.0. The summed E-state index contributed by atoms with van der Waals surface area (Å²) in [4.78, 5) is 8.05. The molecule has 0 amide bonds. The maximum absolute atomic E-state index is 14.0. The number of nitrogens with one attached hydrogen (secondary N) is 2. The van der Waals surface area contributed by atoms with Crippen molar-refractivity contribution in [3.63, 3.8) is 0 Å². The van der Waals surface area contributed by atoms with Crippen molar-refractivity contribution in [2.45, 2.75) is 13.8 Å². The van der Waals surface area contributed by atoms with E-state index in [4.69, 9.17) is 0 Å². The number of rotatable bonds is 4. The number of hydrogen-bond acceptors (Lipinski definition) is 6. The third-order valence-corrected chi connectivity index (χ3v) is 3.66. The molecule has 128 valence electrons. The molecule has 0 spiro atoms. The Morgan fingerprint density at radius 3 is 2.00 bits per heavy atom. The van der Waals surface area contributed by atoms with Gasteiger partial charge in [0.25, 0.3) is 0 Å². The number of anilines is 4. The molecule has 0 aliphatic heterocycles. The van der Waals surface area contributed by atoms with E-state index in [0.29, 0.717) is 22.5 Å². The number of aromatic nitrogens is 2. The van der Waals surface area contributed by atoms with Gasteiger partial charge in [-0.05, 0) is 61.4 Å². The molecule has 25 heavy (non-hydrogen) atoms. The second-order valence-corrected chi connectivity index (χ2v) is 5.64. The van der Waals surface area contributed by atoms with E-state index in [9.17, 15) is 14.6 Å². The van der Waals surface area contributed by atoms with Gasteiger partial charge in [-0.3, -0.25) is 0 Å². The molecule has 0 radical (unpaired) electrons. The fraction of sp³-hybridized carbons (Fsp3) is 0.111. The zero-order valence-electron chi connectivity index (χ0n) is 13.7. The standard InChI is InChI=1S/C18H17FN4O2/c1-10-7-12(3-5-15(10)24)21-17-14(19)9-20-18(23-17)22-13-4-6-16(25)11(2)8-13/h3-9,24-25H,1-2H3,(H2,20,21,22,23). The van der Waals surface area contributed by atoms with Crippen LogP contribution in [0.1, 0.15) is 11.1 Å². The van der Waals surface area contributed by atoms with Gasteiger partial charge < -0.3 is 20.8 Å². The highest BCUT2D eigenvalue weighted by molar-refractivity contribution is 5.62. The maximum Gasteiger partial charge on any atom is 0.229 e. The highest BCUT2D eigenvalue weighted by Crippen LogP contribution is 2.25. The Morgan fingerprint density at radius 2 is 1.44 bits per heavy atom. The van der Waals surface area contributed by atoms with E-state index >= 15 is 0 Å². The summed E-state index contributed by atoms with van der Waals surface area (Å²) >= 11 is 0. The smallest absolute Gasteiger partial charge is 0.229 e. The molecule has 0 aliphatic carbocycles. The van der Waals surface area contributed by atoms with Gasteiger partial charge in [0.05, 0.1) is 6.20 Å². The Balaban J connectivity index is 1.84. The van der Waals surface area contributed by atoms with Crippen molar-refractivity contribution in [1.29, 1.82) is 0 Å². The zero-order chi connectivity index (χ0) is 18.0. The molecule has 0 bridgehead atoms. The number of nitrogens with zero attached hydrogens (tertiary/aromatic N) is 2. The van der Waals surface area contributed by atoms with Gasteiger partial charge >= 0.3 is 0 Å². The molecule has 6 nitrogen and oxygen atoms in total. The number of hydrogen-bond donors (Lipinski definition) is 4. The predicted octanol–water partition coefficient (Wildman–Crippen LogP) is 4.13. The molecule has 2 aromatic carbocycles. The van der Waals surface area contributed by atoms with Crippen LogP contribution in [0.4, 0.5) is 27.5 Å². The van der Waals surface area contributed by atoms with E-state index in [1.54, 1.807) is 44.2 Å². The number of halogens is 1. The summed E-state index contributed by atoms with van der Waals surface area (Å²) < 4.78 is 14.0. The normalized spacial score (nSPS) is 10.5. The van der Waals surface area contributed by atoms with E-state index in [-0.39, 0.29) is 23.3 Å². The van der Waals surface area contributed by atoms with Crippen molar-refractivity contribution < 1.29 is 14.6 Å². The van der Waals surface area contributed by atoms with Crippen molar-refractivity contribution in [3.8, 4) is 11.5 Å². The summed E-state index contributed by atoms with van der Waals surface area (Å²) in [5.74, 6) is -0.0184. The minimum Gasteiger partial charge on any atom is -0.508 e. The molecular formula is C18H17FN4O2. The van der Waals surface area contributed by atoms with Crippen LogP contribution < -0.4 is 10.6 Å². The van der Waals surface area contributed by atoms with Gasteiger partial charge in [0.1, 0.15) is 11.5 Å². The van der Waals surface area contributed by atoms with E-state index in [0.717, 1.165) is 6.20 Å². The first-order chi connectivity index (χ1) is 11.9. The largest absolute Gasteiger partial charge is 0.508 e. The Morgan fingerprint density at radius 1 is 0.880 bits per heavy atom. The molecular weight excluding hydrogens is 323 g/mol. The summed E-state index contributed by atoms with van der Waals surface area (Å²) in [6, 6.07) is 9.80. The third-order valence-electron chi connectivity index (χ3n) is 3.66. The van der Waals surface area contributed by atoms with Crippen LogP contribution in [-0.2, 0) is 0 Å². The molecule has 0 saturated heterocycles. The van der Waals surface area contributed by atoms with E-state index in [2.05, 4.69) is 20.6 Å². The summed E-state index contributed by atoms with van der Waals surface area (Å²) in [5, 5.41) is 25.0. The predicted molar refractivity (Wildman–Crippen MR) is 94.2 cm³/mol. The topological polar surface area (TPSA) is 90.3 Å². The summed E-state index contributed by atoms with van der Waals surface area (Å²) in [7, 11) is 0. The average Bonchev–Trinajstić information content (AvgIpc) is 2.57. The summed E-state index contributed by atoms with van der Waals surface area (Å²) in [6.07, 6.45) is 1.07. The third kappa shape index (κ3) is 3.77. The molecule has 3 aromatic rings. The van der Waals surface area contributed by atoms with Crippen LogP contribution in [0, 0.1) is 19.7 Å². The summed E-state index contributed by atoms with van der Waals surface area (Å²) in [6.45, 7) is 3.52. The first-order valence-corrected chi connectivity index (χ1v) is 7.58. The molecule has 0 fully saturated rings. The van der Waals surface area contributed by atoms with E-state index in [1.807, 2.05) is 0 Å². The van der Waals surface area contributed by atoms with Crippen LogP contribution in [0.2, 0.25) is 0 Å². The minimum atomic E-state index is -0.599. The second-order valence-electron chi connectivity index (χ2n) is 5.64. The van der Waals surface area contributed by atoms with Gasteiger partial charge in [0.15, 0.2) is 11.6 Å². The highest BCUT2D eigenvalue weighted by atomic mass is 19.1. The summed E-state index contributed by atoms with van der Waals surface area (Å²) in [5.41, 5.74) is 2.63. The molecule has 0 atom stereocenters. The molecule has 1 heterocycles. The lowest BCUT2D eigenvalue weighted by Crippen LogP contribution is -2.03. The number of aryl methyl sites for hydroxylation is 2. The van der Waals surface area contributed by atoms with E-state index < -0.39 is 5.82 Å². The fourth-order valence-electron chi connectivity index (χ4n) is 2.25. The van der Waals surface area contributed by atoms with Crippen molar-refractivity contribution >= 4 is 23.1 Å². The Labute approximate surface area is 144 Å². The van der Waals surface area contributed by atoms with Crippen LogP contribution in [-0.4, -0.2) is 20.2 Å². The SMILES string of the molecule is Cc1cc(Nc2ncc(F)c(Nc3ccc(O)c(C)c3)n2)ccc1O. The Kier molecular flexibility index (Phi) is 4.38. The van der Waals surface area contributed by atoms with Crippen LogP contribution in [0.15, 0.2) is 42.6 Å². The van der Waals surface area contributed by atoms with Crippen LogP contribution >= 0.6 is 0 Å². The van der Waals surface area contributed by atoms with Gasteiger partial charge in [-0.25, -0.2) is 9.37 Å². The molecule has 7 heteroatoms. The van der Waals surface area contributed by atoms with Crippen molar-refractivity contribution in [2.75, 3.05) is 10.6 Å². The van der Waals surface area contributed by atoms with Crippen molar-refractivity contribution in [2.24, 2.45) is 0 Å². The van der Waals surface area contributed by atoms with Crippen molar-refractivity contribution in [1.82, 2.24) is 9.97 Å². The zero-order valence-corrected chi connectivity index (χ0v) is 13.7. The lowest BCUT2D eigenvalue weighted by Gasteiger charge is -2.11.